The Morgan fingerprint density at radius 3 is 2.08 bits per heavy atom. The minimum atomic E-state index is -0.0833. The van der Waals surface area contributed by atoms with E-state index in [9.17, 15) is 4.79 Å². The number of hydrogen-bond donors (Lipinski definition) is 0. The van der Waals surface area contributed by atoms with Gasteiger partial charge in [-0.2, -0.15) is 0 Å². The van der Waals surface area contributed by atoms with Gasteiger partial charge >= 0.3 is 0 Å². The summed E-state index contributed by atoms with van der Waals surface area (Å²) in [6, 6.07) is 12.6. The van der Waals surface area contributed by atoms with E-state index in [2.05, 4.69) is 6.58 Å². The maximum atomic E-state index is 12.4. The van der Waals surface area contributed by atoms with Crippen molar-refractivity contribution in [3.8, 4) is 17.2 Å². The van der Waals surface area contributed by atoms with Crippen LogP contribution >= 0.6 is 0 Å². The van der Waals surface area contributed by atoms with Crippen LogP contribution in [0.1, 0.15) is 29.8 Å². The monoisotopic (exact) mass is 352 g/mol. The fourth-order valence-electron chi connectivity index (χ4n) is 2.33. The van der Waals surface area contributed by atoms with Gasteiger partial charge in [-0.05, 0) is 61.9 Å². The number of hydrogen-bond acceptors (Lipinski definition) is 4. The fourth-order valence-corrected chi connectivity index (χ4v) is 2.33. The molecule has 0 saturated heterocycles. The fraction of sp³-hybridized carbons (Fsp3) is 0.227. The minimum absolute atomic E-state index is 0.0833. The molecular formula is C22H24O4. The van der Waals surface area contributed by atoms with E-state index in [1.165, 1.54) is 0 Å². The van der Waals surface area contributed by atoms with E-state index in [-0.39, 0.29) is 5.78 Å². The summed E-state index contributed by atoms with van der Waals surface area (Å²) in [5.41, 5.74) is 1.44. The summed E-state index contributed by atoms with van der Waals surface area (Å²) in [7, 11) is 0. The van der Waals surface area contributed by atoms with Crippen LogP contribution in [-0.2, 0) is 0 Å². The lowest BCUT2D eigenvalue weighted by Gasteiger charge is -2.09. The number of allylic oxidation sites excluding steroid dienone is 1. The van der Waals surface area contributed by atoms with Gasteiger partial charge in [0.1, 0.15) is 23.9 Å². The zero-order valence-electron chi connectivity index (χ0n) is 15.2. The Balaban J connectivity index is 2.12. The first-order chi connectivity index (χ1) is 12.7. The van der Waals surface area contributed by atoms with Gasteiger partial charge in [-0.1, -0.05) is 18.7 Å². The van der Waals surface area contributed by atoms with Crippen molar-refractivity contribution in [3.63, 3.8) is 0 Å². The van der Waals surface area contributed by atoms with Crippen molar-refractivity contribution in [3.05, 3.63) is 72.3 Å². The van der Waals surface area contributed by atoms with Crippen molar-refractivity contribution in [2.75, 3.05) is 19.8 Å². The van der Waals surface area contributed by atoms with Crippen LogP contribution in [0.4, 0.5) is 0 Å². The Kier molecular flexibility index (Phi) is 7.49. The van der Waals surface area contributed by atoms with Crippen LogP contribution < -0.4 is 14.2 Å². The Morgan fingerprint density at radius 1 is 0.923 bits per heavy atom. The number of benzene rings is 2. The van der Waals surface area contributed by atoms with Crippen molar-refractivity contribution in [1.29, 1.82) is 0 Å². The molecule has 0 aliphatic heterocycles. The van der Waals surface area contributed by atoms with E-state index < -0.39 is 0 Å². The molecule has 0 fully saturated rings. The maximum absolute atomic E-state index is 12.4. The molecule has 4 nitrogen and oxygen atoms in total. The normalized spacial score (nSPS) is 10.5. The zero-order valence-corrected chi connectivity index (χ0v) is 15.2. The van der Waals surface area contributed by atoms with E-state index in [1.807, 2.05) is 32.0 Å². The third-order valence-electron chi connectivity index (χ3n) is 3.46. The molecule has 0 bridgehead atoms. The van der Waals surface area contributed by atoms with Crippen molar-refractivity contribution in [2.24, 2.45) is 0 Å². The second-order valence-corrected chi connectivity index (χ2v) is 5.43. The number of carbonyl (C=O) groups excluding carboxylic acids is 1. The Morgan fingerprint density at radius 2 is 1.54 bits per heavy atom. The summed E-state index contributed by atoms with van der Waals surface area (Å²) in [6.07, 6.45) is 4.98. The maximum Gasteiger partial charge on any atom is 0.185 e. The molecule has 0 saturated carbocycles. The Bertz CT molecular complexity index is 736. The van der Waals surface area contributed by atoms with Crippen molar-refractivity contribution in [2.45, 2.75) is 13.8 Å². The molecule has 0 N–H and O–H groups in total. The smallest absolute Gasteiger partial charge is 0.185 e. The van der Waals surface area contributed by atoms with E-state index in [4.69, 9.17) is 14.2 Å². The molecule has 0 heterocycles. The quantitative estimate of drug-likeness (QED) is 0.345. The standard InChI is InChI=1S/C22H24O4/c1-4-13-26-19-10-8-18(9-11-19)22(23)12-7-17-14-20(24-5-2)16-21(15-17)25-6-3/h4,7-12,14-16H,1,5-6,13H2,2-3H3. The first kappa shape index (κ1) is 19.3. The summed E-state index contributed by atoms with van der Waals surface area (Å²) < 4.78 is 16.5. The highest BCUT2D eigenvalue weighted by atomic mass is 16.5. The third-order valence-corrected chi connectivity index (χ3v) is 3.46. The van der Waals surface area contributed by atoms with Gasteiger partial charge in [0.05, 0.1) is 13.2 Å². The van der Waals surface area contributed by atoms with E-state index in [1.54, 1.807) is 42.5 Å². The third kappa shape index (κ3) is 5.81. The summed E-state index contributed by atoms with van der Waals surface area (Å²) in [5.74, 6) is 2.06. The lowest BCUT2D eigenvalue weighted by atomic mass is 10.1. The SMILES string of the molecule is C=CCOc1ccc(C(=O)C=Cc2cc(OCC)cc(OCC)c2)cc1. The van der Waals surface area contributed by atoms with Gasteiger partial charge in [-0.15, -0.1) is 0 Å². The molecular weight excluding hydrogens is 328 g/mol. The highest BCUT2D eigenvalue weighted by Gasteiger charge is 2.04. The van der Waals surface area contributed by atoms with Gasteiger partial charge in [0.15, 0.2) is 5.78 Å². The second-order valence-electron chi connectivity index (χ2n) is 5.43. The average molecular weight is 352 g/mol. The van der Waals surface area contributed by atoms with Gasteiger partial charge in [-0.3, -0.25) is 4.79 Å². The van der Waals surface area contributed by atoms with Crippen LogP contribution in [0.3, 0.4) is 0 Å². The predicted molar refractivity (Wildman–Crippen MR) is 104 cm³/mol. The molecule has 2 aromatic carbocycles. The van der Waals surface area contributed by atoms with Gasteiger partial charge in [-0.25, -0.2) is 0 Å². The number of carbonyl (C=O) groups is 1. The molecule has 4 heteroatoms. The molecule has 0 radical (unpaired) electrons. The van der Waals surface area contributed by atoms with Crippen LogP contribution in [-0.4, -0.2) is 25.6 Å². The molecule has 0 unspecified atom stereocenters. The lowest BCUT2D eigenvalue weighted by molar-refractivity contribution is 0.104. The van der Waals surface area contributed by atoms with Crippen molar-refractivity contribution >= 4 is 11.9 Å². The summed E-state index contributed by atoms with van der Waals surface area (Å²) in [6.45, 7) is 9.03. The topological polar surface area (TPSA) is 44.8 Å². The minimum Gasteiger partial charge on any atom is -0.494 e. The molecule has 2 aromatic rings. The lowest BCUT2D eigenvalue weighted by Crippen LogP contribution is -1.97. The van der Waals surface area contributed by atoms with E-state index in [0.717, 1.165) is 5.56 Å². The van der Waals surface area contributed by atoms with Gasteiger partial charge in [0.2, 0.25) is 0 Å². The summed E-state index contributed by atoms with van der Waals surface area (Å²) in [5, 5.41) is 0. The molecule has 0 atom stereocenters. The zero-order chi connectivity index (χ0) is 18.8. The molecule has 0 aliphatic carbocycles. The molecule has 0 aromatic heterocycles. The second kappa shape index (κ2) is 10.1. The molecule has 26 heavy (non-hydrogen) atoms. The van der Waals surface area contributed by atoms with Crippen molar-refractivity contribution < 1.29 is 19.0 Å². The molecule has 0 aliphatic rings. The van der Waals surface area contributed by atoms with Gasteiger partial charge in [0.25, 0.3) is 0 Å². The summed E-state index contributed by atoms with van der Waals surface area (Å²) >= 11 is 0. The average Bonchev–Trinajstić information content (AvgIpc) is 2.65. The van der Waals surface area contributed by atoms with Crippen LogP contribution in [0.5, 0.6) is 17.2 Å². The number of ether oxygens (including phenoxy) is 3. The Hall–Kier alpha value is -3.01. The Labute approximate surface area is 154 Å². The largest absolute Gasteiger partial charge is 0.494 e. The van der Waals surface area contributed by atoms with Crippen LogP contribution in [0.2, 0.25) is 0 Å². The van der Waals surface area contributed by atoms with Crippen LogP contribution in [0, 0.1) is 0 Å². The molecule has 0 spiro atoms. The van der Waals surface area contributed by atoms with Gasteiger partial charge in [0, 0.05) is 11.6 Å². The van der Waals surface area contributed by atoms with E-state index >= 15 is 0 Å². The highest BCUT2D eigenvalue weighted by Crippen LogP contribution is 2.24. The first-order valence-corrected chi connectivity index (χ1v) is 8.63. The molecule has 0 amide bonds. The number of rotatable bonds is 10. The van der Waals surface area contributed by atoms with Crippen molar-refractivity contribution in [1.82, 2.24) is 0 Å². The predicted octanol–water partition coefficient (Wildman–Crippen LogP) is 4.94. The van der Waals surface area contributed by atoms with Crippen LogP contribution in [0.25, 0.3) is 6.08 Å². The van der Waals surface area contributed by atoms with E-state index in [0.29, 0.717) is 42.6 Å². The van der Waals surface area contributed by atoms with Gasteiger partial charge < -0.3 is 14.2 Å². The molecule has 136 valence electrons. The van der Waals surface area contributed by atoms with Crippen LogP contribution in [0.15, 0.2) is 61.2 Å². The highest BCUT2D eigenvalue weighted by molar-refractivity contribution is 6.06. The molecule has 2 rings (SSSR count). The number of ketones is 1. The first-order valence-electron chi connectivity index (χ1n) is 8.63. The summed E-state index contributed by atoms with van der Waals surface area (Å²) in [4.78, 5) is 12.4.